The first-order chi connectivity index (χ1) is 7.63. The minimum atomic E-state index is 0.0763. The molecule has 0 amide bonds. The third-order valence-electron chi connectivity index (χ3n) is 2.94. The van der Waals surface area contributed by atoms with E-state index in [1.165, 1.54) is 11.5 Å². The van der Waals surface area contributed by atoms with E-state index in [9.17, 15) is 0 Å². The Morgan fingerprint density at radius 2 is 2.38 bits per heavy atom. The van der Waals surface area contributed by atoms with E-state index in [2.05, 4.69) is 33.7 Å². The van der Waals surface area contributed by atoms with Crippen molar-refractivity contribution in [3.8, 4) is 0 Å². The zero-order valence-electron chi connectivity index (χ0n) is 9.99. The standard InChI is InChI=1S/C10H18N4OS/c1-10(2)7-15-5-4-14(10)6-8-9(11-3)16-13-12-8/h11H,4-7H2,1-3H3. The van der Waals surface area contributed by atoms with E-state index < -0.39 is 0 Å². The normalized spacial score (nSPS) is 20.9. The molecule has 0 unspecified atom stereocenters. The molecule has 2 rings (SSSR count). The summed E-state index contributed by atoms with van der Waals surface area (Å²) in [7, 11) is 1.91. The molecule has 6 heteroatoms. The number of aromatic nitrogens is 2. The van der Waals surface area contributed by atoms with E-state index in [1.807, 2.05) is 7.05 Å². The Labute approximate surface area is 100.0 Å². The number of hydrogen-bond donors (Lipinski definition) is 1. The Hall–Kier alpha value is -0.720. The van der Waals surface area contributed by atoms with E-state index >= 15 is 0 Å². The third-order valence-corrected chi connectivity index (χ3v) is 3.73. The fourth-order valence-corrected chi connectivity index (χ4v) is 2.39. The quantitative estimate of drug-likeness (QED) is 0.863. The van der Waals surface area contributed by atoms with Gasteiger partial charge in [0.05, 0.1) is 13.2 Å². The van der Waals surface area contributed by atoms with Crippen LogP contribution in [0.25, 0.3) is 0 Å². The molecule has 5 nitrogen and oxygen atoms in total. The van der Waals surface area contributed by atoms with Crippen LogP contribution in [0.1, 0.15) is 19.5 Å². The topological polar surface area (TPSA) is 50.3 Å². The van der Waals surface area contributed by atoms with Gasteiger partial charge in [0, 0.05) is 37.2 Å². The van der Waals surface area contributed by atoms with E-state index in [0.717, 1.165) is 37.0 Å². The van der Waals surface area contributed by atoms with Gasteiger partial charge in [-0.15, -0.1) is 5.10 Å². The highest BCUT2D eigenvalue weighted by Crippen LogP contribution is 2.25. The zero-order valence-corrected chi connectivity index (χ0v) is 10.8. The highest BCUT2D eigenvalue weighted by Gasteiger charge is 2.31. The number of morpholine rings is 1. The predicted octanol–water partition coefficient (Wildman–Crippen LogP) is 1.19. The molecule has 1 aromatic rings. The minimum absolute atomic E-state index is 0.0763. The average molecular weight is 242 g/mol. The molecule has 2 heterocycles. The van der Waals surface area contributed by atoms with Crippen molar-refractivity contribution in [2.45, 2.75) is 25.9 Å². The molecule has 0 spiro atoms. The SMILES string of the molecule is CNc1snnc1CN1CCOCC1(C)C. The van der Waals surface area contributed by atoms with Gasteiger partial charge in [-0.1, -0.05) is 4.49 Å². The van der Waals surface area contributed by atoms with E-state index in [-0.39, 0.29) is 5.54 Å². The molecule has 0 saturated carbocycles. The van der Waals surface area contributed by atoms with Gasteiger partial charge in [0.1, 0.15) is 10.7 Å². The van der Waals surface area contributed by atoms with E-state index in [1.54, 1.807) is 0 Å². The number of rotatable bonds is 3. The largest absolute Gasteiger partial charge is 0.378 e. The predicted molar refractivity (Wildman–Crippen MR) is 64.8 cm³/mol. The molecule has 1 aromatic heterocycles. The summed E-state index contributed by atoms with van der Waals surface area (Å²) in [6.45, 7) is 7.77. The highest BCUT2D eigenvalue weighted by atomic mass is 32.1. The monoisotopic (exact) mass is 242 g/mol. The molecule has 1 saturated heterocycles. The summed E-state index contributed by atoms with van der Waals surface area (Å²) in [6, 6.07) is 0. The van der Waals surface area contributed by atoms with E-state index in [0.29, 0.717) is 0 Å². The summed E-state index contributed by atoms with van der Waals surface area (Å²) in [6.07, 6.45) is 0. The van der Waals surface area contributed by atoms with Crippen LogP contribution in [-0.2, 0) is 11.3 Å². The molecule has 1 aliphatic rings. The first-order valence-corrected chi connectivity index (χ1v) is 6.22. The van der Waals surface area contributed by atoms with Gasteiger partial charge in [-0.3, -0.25) is 4.90 Å². The smallest absolute Gasteiger partial charge is 0.134 e. The molecule has 90 valence electrons. The Morgan fingerprint density at radius 3 is 3.06 bits per heavy atom. The Morgan fingerprint density at radius 1 is 1.56 bits per heavy atom. The van der Waals surface area contributed by atoms with Gasteiger partial charge < -0.3 is 10.1 Å². The molecule has 1 N–H and O–H groups in total. The molecular weight excluding hydrogens is 224 g/mol. The van der Waals surface area contributed by atoms with Crippen LogP contribution in [0.4, 0.5) is 5.00 Å². The molecule has 0 radical (unpaired) electrons. The Bertz CT molecular complexity index is 352. The summed E-state index contributed by atoms with van der Waals surface area (Å²) in [5.74, 6) is 0. The lowest BCUT2D eigenvalue weighted by atomic mass is 10.0. The van der Waals surface area contributed by atoms with Crippen molar-refractivity contribution in [1.82, 2.24) is 14.5 Å². The van der Waals surface area contributed by atoms with E-state index in [4.69, 9.17) is 4.74 Å². The number of anilines is 1. The molecule has 1 aliphatic heterocycles. The van der Waals surface area contributed by atoms with Crippen LogP contribution >= 0.6 is 11.5 Å². The summed E-state index contributed by atoms with van der Waals surface area (Å²) < 4.78 is 9.48. The van der Waals surface area contributed by atoms with Crippen LogP contribution in [0.15, 0.2) is 0 Å². The van der Waals surface area contributed by atoms with Crippen molar-refractivity contribution < 1.29 is 4.74 Å². The van der Waals surface area contributed by atoms with Crippen molar-refractivity contribution >= 4 is 16.5 Å². The van der Waals surface area contributed by atoms with Gasteiger partial charge >= 0.3 is 0 Å². The second-order valence-electron chi connectivity index (χ2n) is 4.59. The lowest BCUT2D eigenvalue weighted by Gasteiger charge is -2.41. The van der Waals surface area contributed by atoms with Gasteiger partial charge in [-0.2, -0.15) is 0 Å². The van der Waals surface area contributed by atoms with Crippen molar-refractivity contribution in [3.63, 3.8) is 0 Å². The Balaban J connectivity index is 2.08. The Kier molecular flexibility index (Phi) is 3.41. The molecule has 0 atom stereocenters. The lowest BCUT2D eigenvalue weighted by Crippen LogP contribution is -2.52. The first-order valence-electron chi connectivity index (χ1n) is 5.45. The molecular formula is C10H18N4OS. The van der Waals surface area contributed by atoms with Crippen molar-refractivity contribution in [2.75, 3.05) is 32.1 Å². The van der Waals surface area contributed by atoms with Crippen LogP contribution in [0, 0.1) is 0 Å². The maximum absolute atomic E-state index is 5.50. The molecule has 1 fully saturated rings. The van der Waals surface area contributed by atoms with Gasteiger partial charge in [0.25, 0.3) is 0 Å². The number of nitrogens with zero attached hydrogens (tertiary/aromatic N) is 3. The van der Waals surface area contributed by atoms with Gasteiger partial charge in [0.15, 0.2) is 0 Å². The molecule has 0 aliphatic carbocycles. The maximum atomic E-state index is 5.50. The van der Waals surface area contributed by atoms with Crippen molar-refractivity contribution in [1.29, 1.82) is 0 Å². The van der Waals surface area contributed by atoms with Crippen LogP contribution in [0.5, 0.6) is 0 Å². The van der Waals surface area contributed by atoms with Crippen LogP contribution < -0.4 is 5.32 Å². The minimum Gasteiger partial charge on any atom is -0.378 e. The fourth-order valence-electron chi connectivity index (χ4n) is 1.87. The van der Waals surface area contributed by atoms with Gasteiger partial charge in [-0.25, -0.2) is 0 Å². The lowest BCUT2D eigenvalue weighted by molar-refractivity contribution is -0.0557. The summed E-state index contributed by atoms with van der Waals surface area (Å²) in [5.41, 5.74) is 1.11. The number of ether oxygens (including phenoxy) is 1. The maximum Gasteiger partial charge on any atom is 0.134 e. The van der Waals surface area contributed by atoms with Crippen molar-refractivity contribution in [2.24, 2.45) is 0 Å². The zero-order chi connectivity index (χ0) is 11.6. The molecule has 16 heavy (non-hydrogen) atoms. The van der Waals surface area contributed by atoms with Crippen molar-refractivity contribution in [3.05, 3.63) is 5.69 Å². The summed E-state index contributed by atoms with van der Waals surface area (Å²) in [4.78, 5) is 2.40. The number of nitrogens with one attached hydrogen (secondary N) is 1. The van der Waals surface area contributed by atoms with Crippen LogP contribution in [0.2, 0.25) is 0 Å². The summed E-state index contributed by atoms with van der Waals surface area (Å²) >= 11 is 1.41. The number of hydrogen-bond acceptors (Lipinski definition) is 6. The fraction of sp³-hybridized carbons (Fsp3) is 0.800. The van der Waals surface area contributed by atoms with Gasteiger partial charge in [-0.05, 0) is 13.8 Å². The second-order valence-corrected chi connectivity index (χ2v) is 5.34. The first kappa shape index (κ1) is 11.8. The van der Waals surface area contributed by atoms with Crippen LogP contribution in [-0.4, -0.2) is 46.8 Å². The molecule has 0 aromatic carbocycles. The van der Waals surface area contributed by atoms with Crippen LogP contribution in [0.3, 0.4) is 0 Å². The summed E-state index contributed by atoms with van der Waals surface area (Å²) in [5, 5.41) is 8.36. The third kappa shape index (κ3) is 2.34. The van der Waals surface area contributed by atoms with Gasteiger partial charge in [0.2, 0.25) is 0 Å². The molecule has 0 bridgehead atoms. The second kappa shape index (κ2) is 4.65. The highest BCUT2D eigenvalue weighted by molar-refractivity contribution is 7.10. The average Bonchev–Trinajstić information content (AvgIpc) is 2.68.